The van der Waals surface area contributed by atoms with Gasteiger partial charge in [0.2, 0.25) is 0 Å². The molecule has 0 aliphatic carbocycles. The average molecular weight is 341 g/mol. The molecule has 0 amide bonds. The molecule has 0 saturated carbocycles. The van der Waals surface area contributed by atoms with Gasteiger partial charge in [-0.15, -0.1) is 0 Å². The molecule has 0 spiro atoms. The van der Waals surface area contributed by atoms with Gasteiger partial charge in [0.05, 0.1) is 22.5 Å². The minimum Gasteiger partial charge on any atom is -0.307 e. The Kier molecular flexibility index (Phi) is 3.16. The fraction of sp³-hybridized carbons (Fsp3) is 0.182. The van der Waals surface area contributed by atoms with Crippen LogP contribution in [0, 0.1) is 13.8 Å². The van der Waals surface area contributed by atoms with Gasteiger partial charge in [0.1, 0.15) is 0 Å². The lowest BCUT2D eigenvalue weighted by Crippen LogP contribution is -2.23. The molecule has 0 atom stereocenters. The zero-order valence-electron chi connectivity index (χ0n) is 14.9. The topological polar surface area (TPSA) is 39.8 Å². The Morgan fingerprint density at radius 1 is 1.00 bits per heavy atom. The summed E-state index contributed by atoms with van der Waals surface area (Å²) in [4.78, 5) is 13.5. The first kappa shape index (κ1) is 15.1. The Bertz CT molecular complexity index is 1220. The fourth-order valence-corrected chi connectivity index (χ4v) is 4.16. The third-order valence-corrected chi connectivity index (χ3v) is 5.23. The third-order valence-electron chi connectivity index (χ3n) is 5.23. The smallest absolute Gasteiger partial charge is 0.261 e. The third kappa shape index (κ3) is 2.02. The van der Waals surface area contributed by atoms with E-state index in [1.807, 2.05) is 53.4 Å². The highest BCUT2D eigenvalue weighted by atomic mass is 16.1. The molecule has 26 heavy (non-hydrogen) atoms. The Balaban J connectivity index is 2.02. The van der Waals surface area contributed by atoms with Gasteiger partial charge in [-0.05, 0) is 37.5 Å². The van der Waals surface area contributed by atoms with Crippen LogP contribution in [0.4, 0.5) is 0 Å². The van der Waals surface area contributed by atoms with Gasteiger partial charge in [0.15, 0.2) is 0 Å². The second-order valence-corrected chi connectivity index (χ2v) is 6.95. The maximum atomic E-state index is 13.5. The summed E-state index contributed by atoms with van der Waals surface area (Å²) in [5.74, 6) is 0. The Hall–Kier alpha value is -3.14. The van der Waals surface area contributed by atoms with Crippen LogP contribution in [0.5, 0.6) is 0 Å². The van der Waals surface area contributed by atoms with Crippen LogP contribution in [0.3, 0.4) is 0 Å². The highest BCUT2D eigenvalue weighted by molar-refractivity contribution is 5.97. The van der Waals surface area contributed by atoms with Crippen LogP contribution in [-0.4, -0.2) is 14.3 Å². The maximum absolute atomic E-state index is 13.5. The lowest BCUT2D eigenvalue weighted by molar-refractivity contribution is 0.739. The first-order valence-corrected chi connectivity index (χ1v) is 8.92. The number of aromatic nitrogens is 3. The summed E-state index contributed by atoms with van der Waals surface area (Å²) in [6.45, 7) is 4.76. The van der Waals surface area contributed by atoms with Crippen LogP contribution in [0.25, 0.3) is 27.7 Å². The zero-order chi connectivity index (χ0) is 17.8. The van der Waals surface area contributed by atoms with Crippen molar-refractivity contribution in [2.45, 2.75) is 26.8 Å². The molecular weight excluding hydrogens is 322 g/mol. The molecule has 5 rings (SSSR count). The molecular formula is C22H19N3O. The molecule has 2 aromatic carbocycles. The molecule has 4 heteroatoms. The number of benzene rings is 2. The van der Waals surface area contributed by atoms with Gasteiger partial charge >= 0.3 is 0 Å². The van der Waals surface area contributed by atoms with Crippen molar-refractivity contribution >= 4 is 10.9 Å². The van der Waals surface area contributed by atoms with Crippen molar-refractivity contribution in [2.24, 2.45) is 0 Å². The lowest BCUT2D eigenvalue weighted by Gasteiger charge is -2.17. The molecule has 3 heterocycles. The lowest BCUT2D eigenvalue weighted by atomic mass is 10.0. The Labute approximate surface area is 151 Å². The molecule has 1 aliphatic rings. The number of hydrogen-bond acceptors (Lipinski definition) is 2. The monoisotopic (exact) mass is 341 g/mol. The van der Waals surface area contributed by atoms with Crippen LogP contribution < -0.4 is 5.56 Å². The summed E-state index contributed by atoms with van der Waals surface area (Å²) in [6, 6.07) is 18.3. The molecule has 4 nitrogen and oxygen atoms in total. The highest BCUT2D eigenvalue weighted by Gasteiger charge is 2.25. The van der Waals surface area contributed by atoms with E-state index >= 15 is 0 Å². The fourth-order valence-electron chi connectivity index (χ4n) is 4.16. The van der Waals surface area contributed by atoms with Gasteiger partial charge in [0, 0.05) is 17.6 Å². The van der Waals surface area contributed by atoms with Crippen molar-refractivity contribution in [1.82, 2.24) is 14.3 Å². The van der Waals surface area contributed by atoms with Gasteiger partial charge in [-0.2, -0.15) is 5.10 Å². The summed E-state index contributed by atoms with van der Waals surface area (Å²) < 4.78 is 3.86. The summed E-state index contributed by atoms with van der Waals surface area (Å²) in [6.07, 6.45) is 0.904. The summed E-state index contributed by atoms with van der Waals surface area (Å²) >= 11 is 0. The average Bonchev–Trinajstić information content (AvgIpc) is 3.22. The molecule has 0 saturated heterocycles. The molecule has 0 radical (unpaired) electrons. The van der Waals surface area contributed by atoms with E-state index in [1.54, 1.807) is 0 Å². The van der Waals surface area contributed by atoms with Gasteiger partial charge in [-0.25, -0.2) is 4.68 Å². The number of para-hydroxylation sites is 1. The minimum absolute atomic E-state index is 0.0659. The molecule has 0 unspecified atom stereocenters. The molecule has 2 aromatic heterocycles. The van der Waals surface area contributed by atoms with E-state index in [-0.39, 0.29) is 5.56 Å². The number of nitrogens with zero attached hydrogens (tertiary/aromatic N) is 3. The number of aryl methyl sites for hydroxylation is 4. The number of hydrogen-bond donors (Lipinski definition) is 0. The van der Waals surface area contributed by atoms with E-state index in [9.17, 15) is 4.79 Å². The van der Waals surface area contributed by atoms with Crippen molar-refractivity contribution in [3.8, 4) is 16.8 Å². The van der Waals surface area contributed by atoms with Crippen LogP contribution in [-0.2, 0) is 13.0 Å². The minimum atomic E-state index is 0.0659. The zero-order valence-corrected chi connectivity index (χ0v) is 14.9. The van der Waals surface area contributed by atoms with E-state index in [1.165, 1.54) is 5.56 Å². The standard InChI is InChI=1S/C22H19N3O/c1-14-13-15(2)25(23-14)21-18-10-6-9-17-11-12-24(20(17)18)22(26)19(21)16-7-4-3-5-8-16/h3-10,13H,11-12H2,1-2H3. The maximum Gasteiger partial charge on any atom is 0.261 e. The summed E-state index contributed by atoms with van der Waals surface area (Å²) in [5.41, 5.74) is 6.89. The molecule has 128 valence electrons. The van der Waals surface area contributed by atoms with Crippen molar-refractivity contribution in [1.29, 1.82) is 0 Å². The Morgan fingerprint density at radius 2 is 1.81 bits per heavy atom. The quantitative estimate of drug-likeness (QED) is 0.552. The first-order chi connectivity index (χ1) is 12.6. The summed E-state index contributed by atoms with van der Waals surface area (Å²) in [7, 11) is 0. The molecule has 0 bridgehead atoms. The van der Waals surface area contributed by atoms with E-state index in [4.69, 9.17) is 5.10 Å². The predicted molar refractivity (Wildman–Crippen MR) is 104 cm³/mol. The second kappa shape index (κ2) is 5.43. The van der Waals surface area contributed by atoms with Crippen molar-refractivity contribution in [3.63, 3.8) is 0 Å². The predicted octanol–water partition coefficient (Wildman–Crippen LogP) is 4.03. The number of pyridine rings is 1. The van der Waals surface area contributed by atoms with Gasteiger partial charge < -0.3 is 4.57 Å². The second-order valence-electron chi connectivity index (χ2n) is 6.95. The van der Waals surface area contributed by atoms with E-state index in [0.717, 1.165) is 52.1 Å². The SMILES string of the molecule is Cc1cc(C)n(-c2c(-c3ccccc3)c(=O)n3c4c(cccc24)CC3)n1. The van der Waals surface area contributed by atoms with E-state index in [2.05, 4.69) is 24.3 Å². The van der Waals surface area contributed by atoms with Crippen molar-refractivity contribution in [2.75, 3.05) is 0 Å². The van der Waals surface area contributed by atoms with Crippen LogP contribution in [0.1, 0.15) is 17.0 Å². The largest absolute Gasteiger partial charge is 0.307 e. The summed E-state index contributed by atoms with van der Waals surface area (Å²) in [5, 5.41) is 5.79. The van der Waals surface area contributed by atoms with E-state index in [0.29, 0.717) is 0 Å². The van der Waals surface area contributed by atoms with Gasteiger partial charge in [-0.3, -0.25) is 4.79 Å². The van der Waals surface area contributed by atoms with Crippen molar-refractivity contribution < 1.29 is 0 Å². The Morgan fingerprint density at radius 3 is 2.54 bits per heavy atom. The number of rotatable bonds is 2. The van der Waals surface area contributed by atoms with Crippen LogP contribution in [0.2, 0.25) is 0 Å². The molecule has 4 aromatic rings. The van der Waals surface area contributed by atoms with Gasteiger partial charge in [0.25, 0.3) is 5.56 Å². The van der Waals surface area contributed by atoms with Crippen LogP contribution >= 0.6 is 0 Å². The molecule has 0 fully saturated rings. The first-order valence-electron chi connectivity index (χ1n) is 8.92. The van der Waals surface area contributed by atoms with Crippen molar-refractivity contribution in [3.05, 3.63) is 81.9 Å². The van der Waals surface area contributed by atoms with Crippen LogP contribution in [0.15, 0.2) is 59.4 Å². The molecule has 0 N–H and O–H groups in total. The normalized spacial score (nSPS) is 12.8. The highest BCUT2D eigenvalue weighted by Crippen LogP contribution is 2.34. The van der Waals surface area contributed by atoms with E-state index < -0.39 is 0 Å². The van der Waals surface area contributed by atoms with Gasteiger partial charge in [-0.1, -0.05) is 48.5 Å². The molecule has 1 aliphatic heterocycles.